The molecule has 0 radical (unpaired) electrons. The lowest BCUT2D eigenvalue weighted by Crippen LogP contribution is -2.30. The highest BCUT2D eigenvalue weighted by Crippen LogP contribution is 2.38. The van der Waals surface area contributed by atoms with E-state index in [0.29, 0.717) is 24.6 Å². The fraction of sp³-hybridized carbons (Fsp3) is 0.364. The summed E-state index contributed by atoms with van der Waals surface area (Å²) in [7, 11) is 0. The zero-order valence-electron chi connectivity index (χ0n) is 17.2. The molecule has 1 fully saturated rings. The van der Waals surface area contributed by atoms with Crippen molar-refractivity contribution in [1.29, 1.82) is 0 Å². The van der Waals surface area contributed by atoms with Gasteiger partial charge in [-0.25, -0.2) is 9.59 Å². The van der Waals surface area contributed by atoms with Crippen molar-refractivity contribution in [1.82, 2.24) is 4.90 Å². The molecule has 2 aromatic rings. The highest BCUT2D eigenvalue weighted by atomic mass is 35.5. The molecule has 1 unspecified atom stereocenters. The van der Waals surface area contributed by atoms with Crippen LogP contribution in [-0.4, -0.2) is 42.8 Å². The Hall–Kier alpha value is -2.64. The number of halogens is 2. The van der Waals surface area contributed by atoms with Crippen molar-refractivity contribution in [2.45, 2.75) is 32.8 Å². The number of ether oxygens (including phenoxy) is 4. The van der Waals surface area contributed by atoms with Crippen molar-refractivity contribution in [3.63, 3.8) is 0 Å². The fourth-order valence-electron chi connectivity index (χ4n) is 2.95. The first kappa shape index (κ1) is 23.0. The highest BCUT2D eigenvalue weighted by Gasteiger charge is 2.22. The summed E-state index contributed by atoms with van der Waals surface area (Å²) in [5.74, 6) is 0.962. The SMILES string of the molecule is CCOC(=O)C(C)Oc1ccc(Oc2cc(OC(=O)N3CCCC3)c(Cl)cc2Cl)cc1. The predicted molar refractivity (Wildman–Crippen MR) is 117 cm³/mol. The Balaban J connectivity index is 1.67. The molecule has 0 N–H and O–H groups in total. The van der Waals surface area contributed by atoms with Crippen LogP contribution in [0, 0.1) is 0 Å². The number of carbonyl (C=O) groups excluding carboxylic acids is 2. The Labute approximate surface area is 190 Å². The number of likely N-dealkylation sites (tertiary alicyclic amines) is 1. The van der Waals surface area contributed by atoms with E-state index in [-0.39, 0.29) is 28.2 Å². The summed E-state index contributed by atoms with van der Waals surface area (Å²) in [6.07, 6.45) is 0.724. The monoisotopic (exact) mass is 467 g/mol. The summed E-state index contributed by atoms with van der Waals surface area (Å²) in [5.41, 5.74) is 0. The molecule has 1 aliphatic rings. The van der Waals surface area contributed by atoms with Gasteiger partial charge in [-0.05, 0) is 57.0 Å². The van der Waals surface area contributed by atoms with Crippen LogP contribution in [0.15, 0.2) is 36.4 Å². The van der Waals surface area contributed by atoms with Gasteiger partial charge in [-0.1, -0.05) is 23.2 Å². The van der Waals surface area contributed by atoms with Gasteiger partial charge < -0.3 is 23.8 Å². The van der Waals surface area contributed by atoms with Crippen molar-refractivity contribution < 1.29 is 28.5 Å². The first-order chi connectivity index (χ1) is 14.9. The largest absolute Gasteiger partial charge is 0.479 e. The minimum absolute atomic E-state index is 0.168. The van der Waals surface area contributed by atoms with Crippen LogP contribution in [0.1, 0.15) is 26.7 Å². The van der Waals surface area contributed by atoms with Crippen LogP contribution in [-0.2, 0) is 9.53 Å². The fourth-order valence-corrected chi connectivity index (χ4v) is 3.41. The molecule has 31 heavy (non-hydrogen) atoms. The van der Waals surface area contributed by atoms with Crippen LogP contribution in [0.2, 0.25) is 10.0 Å². The second kappa shape index (κ2) is 10.6. The van der Waals surface area contributed by atoms with Crippen molar-refractivity contribution in [3.8, 4) is 23.0 Å². The van der Waals surface area contributed by atoms with E-state index in [1.165, 1.54) is 12.1 Å². The van der Waals surface area contributed by atoms with Gasteiger partial charge in [0.2, 0.25) is 0 Å². The molecule has 1 heterocycles. The molecule has 1 saturated heterocycles. The van der Waals surface area contributed by atoms with Crippen LogP contribution in [0.3, 0.4) is 0 Å². The smallest absolute Gasteiger partial charge is 0.415 e. The highest BCUT2D eigenvalue weighted by molar-refractivity contribution is 6.36. The van der Waals surface area contributed by atoms with E-state index in [1.54, 1.807) is 43.0 Å². The molecular formula is C22H23Cl2NO6. The lowest BCUT2D eigenvalue weighted by atomic mass is 10.3. The quantitative estimate of drug-likeness (QED) is 0.485. The first-order valence-corrected chi connectivity index (χ1v) is 10.7. The molecule has 1 atom stereocenters. The average Bonchev–Trinajstić information content (AvgIpc) is 3.28. The van der Waals surface area contributed by atoms with Gasteiger partial charge in [0.15, 0.2) is 11.9 Å². The van der Waals surface area contributed by atoms with Crippen LogP contribution >= 0.6 is 23.2 Å². The minimum Gasteiger partial charge on any atom is -0.479 e. The number of esters is 1. The standard InChI is InChI=1S/C22H23Cl2NO6/c1-3-28-21(26)14(2)29-15-6-8-16(9-7-15)30-19-13-20(18(24)12-17(19)23)31-22(27)25-10-4-5-11-25/h6-9,12-14H,3-5,10-11H2,1-2H3. The molecule has 1 aliphatic heterocycles. The number of nitrogens with zero attached hydrogens (tertiary/aromatic N) is 1. The van der Waals surface area contributed by atoms with Crippen LogP contribution in [0.4, 0.5) is 4.79 Å². The summed E-state index contributed by atoms with van der Waals surface area (Å²) in [4.78, 5) is 25.6. The Bertz CT molecular complexity index is 928. The maximum Gasteiger partial charge on any atom is 0.415 e. The third kappa shape index (κ3) is 6.18. The second-order valence-electron chi connectivity index (χ2n) is 6.86. The number of hydrogen-bond donors (Lipinski definition) is 0. The van der Waals surface area contributed by atoms with Gasteiger partial charge in [-0.2, -0.15) is 0 Å². The van der Waals surface area contributed by atoms with E-state index in [2.05, 4.69) is 0 Å². The van der Waals surface area contributed by atoms with Crippen LogP contribution in [0.5, 0.6) is 23.0 Å². The summed E-state index contributed by atoms with van der Waals surface area (Å²) in [6.45, 7) is 4.96. The molecule has 0 spiro atoms. The van der Waals surface area contributed by atoms with Crippen molar-refractivity contribution in [2.75, 3.05) is 19.7 Å². The molecule has 0 bridgehead atoms. The van der Waals surface area contributed by atoms with Gasteiger partial charge in [0.1, 0.15) is 17.2 Å². The van der Waals surface area contributed by atoms with E-state index in [0.717, 1.165) is 12.8 Å². The molecule has 7 nitrogen and oxygen atoms in total. The zero-order chi connectivity index (χ0) is 22.4. The van der Waals surface area contributed by atoms with Gasteiger partial charge in [-0.3, -0.25) is 0 Å². The van der Waals surface area contributed by atoms with Gasteiger partial charge in [-0.15, -0.1) is 0 Å². The normalized spacial score (nSPS) is 14.1. The number of rotatable bonds is 7. The lowest BCUT2D eigenvalue weighted by molar-refractivity contribution is -0.150. The van der Waals surface area contributed by atoms with Gasteiger partial charge in [0.05, 0.1) is 16.7 Å². The van der Waals surface area contributed by atoms with E-state index in [1.807, 2.05) is 0 Å². The summed E-state index contributed by atoms with van der Waals surface area (Å²) < 4.78 is 21.7. The maximum absolute atomic E-state index is 12.3. The number of benzene rings is 2. The summed E-state index contributed by atoms with van der Waals surface area (Å²) in [6, 6.07) is 9.57. The molecule has 1 amide bonds. The topological polar surface area (TPSA) is 74.3 Å². The first-order valence-electron chi connectivity index (χ1n) is 9.94. The third-order valence-electron chi connectivity index (χ3n) is 4.53. The molecule has 166 valence electrons. The van der Waals surface area contributed by atoms with Crippen molar-refractivity contribution in [2.24, 2.45) is 0 Å². The van der Waals surface area contributed by atoms with Gasteiger partial charge in [0, 0.05) is 19.2 Å². The van der Waals surface area contributed by atoms with Crippen molar-refractivity contribution >= 4 is 35.3 Å². The van der Waals surface area contributed by atoms with Crippen molar-refractivity contribution in [3.05, 3.63) is 46.4 Å². The Kier molecular flexibility index (Phi) is 7.87. The van der Waals surface area contributed by atoms with Gasteiger partial charge >= 0.3 is 12.1 Å². The molecule has 0 aliphatic carbocycles. The summed E-state index contributed by atoms with van der Waals surface area (Å²) in [5, 5.41) is 0.476. The third-order valence-corrected chi connectivity index (χ3v) is 5.12. The lowest BCUT2D eigenvalue weighted by Gasteiger charge is -2.17. The van der Waals surface area contributed by atoms with E-state index >= 15 is 0 Å². The van der Waals surface area contributed by atoms with Crippen LogP contribution in [0.25, 0.3) is 0 Å². The van der Waals surface area contributed by atoms with E-state index < -0.39 is 18.2 Å². The van der Waals surface area contributed by atoms with E-state index in [9.17, 15) is 9.59 Å². The predicted octanol–water partition coefficient (Wildman–Crippen LogP) is 5.71. The Morgan fingerprint density at radius 1 is 1.00 bits per heavy atom. The molecule has 3 rings (SSSR count). The molecule has 0 aromatic heterocycles. The Morgan fingerprint density at radius 2 is 1.61 bits per heavy atom. The van der Waals surface area contributed by atoms with Crippen LogP contribution < -0.4 is 14.2 Å². The zero-order valence-corrected chi connectivity index (χ0v) is 18.7. The molecular weight excluding hydrogens is 445 g/mol. The molecule has 9 heteroatoms. The molecule has 0 saturated carbocycles. The second-order valence-corrected chi connectivity index (χ2v) is 7.68. The van der Waals surface area contributed by atoms with E-state index in [4.69, 9.17) is 42.1 Å². The number of carbonyl (C=O) groups is 2. The average molecular weight is 468 g/mol. The molecule has 2 aromatic carbocycles. The Morgan fingerprint density at radius 3 is 2.26 bits per heavy atom. The van der Waals surface area contributed by atoms with Gasteiger partial charge in [0.25, 0.3) is 0 Å². The minimum atomic E-state index is -0.731. The summed E-state index contributed by atoms with van der Waals surface area (Å²) >= 11 is 12.4. The number of amides is 1. The maximum atomic E-state index is 12.3. The number of hydrogen-bond acceptors (Lipinski definition) is 6.